The third-order valence-electron chi connectivity index (χ3n) is 3.06. The molecule has 3 aromatic rings. The van der Waals surface area contributed by atoms with Gasteiger partial charge in [-0.2, -0.15) is 0 Å². The minimum Gasteiger partial charge on any atom is -0.496 e. The van der Waals surface area contributed by atoms with Crippen LogP contribution in [0.3, 0.4) is 0 Å². The van der Waals surface area contributed by atoms with Crippen molar-refractivity contribution >= 4 is 27.5 Å². The third-order valence-corrected chi connectivity index (χ3v) is 3.68. The fraction of sp³-hybridized carbons (Fsp3) is 0.0714. The van der Waals surface area contributed by atoms with Crippen LogP contribution in [-0.2, 0) is 0 Å². The third kappa shape index (κ3) is 2.36. The van der Waals surface area contributed by atoms with Gasteiger partial charge in [0.15, 0.2) is 11.5 Å². The molecule has 0 atom stereocenters. The zero-order valence-electron chi connectivity index (χ0n) is 10.9. The summed E-state index contributed by atoms with van der Waals surface area (Å²) in [6.45, 7) is 0. The molecule has 0 aliphatic heterocycles. The summed E-state index contributed by atoms with van der Waals surface area (Å²) in [6, 6.07) is 8.62. The van der Waals surface area contributed by atoms with E-state index in [0.717, 1.165) is 10.0 Å². The molecule has 0 radical (unpaired) electrons. The topological polar surface area (TPSA) is 76.7 Å². The van der Waals surface area contributed by atoms with Crippen LogP contribution in [0.5, 0.6) is 5.75 Å². The number of carbonyl (C=O) groups is 1. The van der Waals surface area contributed by atoms with E-state index in [-0.39, 0.29) is 5.56 Å². The number of rotatable bonds is 3. The molecule has 21 heavy (non-hydrogen) atoms. The Hall–Kier alpha value is -2.41. The summed E-state index contributed by atoms with van der Waals surface area (Å²) in [5, 5.41) is 17.2. The van der Waals surface area contributed by atoms with Crippen LogP contribution in [0.1, 0.15) is 10.4 Å². The van der Waals surface area contributed by atoms with E-state index in [2.05, 4.69) is 26.1 Å². The second-order valence-electron chi connectivity index (χ2n) is 4.32. The van der Waals surface area contributed by atoms with Crippen molar-refractivity contribution in [2.75, 3.05) is 7.11 Å². The van der Waals surface area contributed by atoms with Crippen LogP contribution in [0.4, 0.5) is 0 Å². The molecule has 7 heteroatoms. The first kappa shape index (κ1) is 13.6. The molecule has 0 amide bonds. The number of hydrogen-bond acceptors (Lipinski definition) is 4. The minimum absolute atomic E-state index is 0.177. The van der Waals surface area contributed by atoms with Gasteiger partial charge in [-0.25, -0.2) is 4.79 Å². The largest absolute Gasteiger partial charge is 0.496 e. The number of carboxylic acid groups (broad SMARTS) is 1. The Kier molecular flexibility index (Phi) is 3.34. The van der Waals surface area contributed by atoms with Gasteiger partial charge in [0.25, 0.3) is 0 Å². The van der Waals surface area contributed by atoms with Gasteiger partial charge in [0.2, 0.25) is 0 Å². The summed E-state index contributed by atoms with van der Waals surface area (Å²) < 4.78 is 7.62. The SMILES string of the molecule is COc1ccc(-c2nnc3ccc(C(=O)O)cn23)cc1Br. The number of hydrogen-bond donors (Lipinski definition) is 1. The molecule has 0 aliphatic rings. The number of benzene rings is 1. The van der Waals surface area contributed by atoms with Crippen molar-refractivity contribution in [3.63, 3.8) is 0 Å². The fourth-order valence-electron chi connectivity index (χ4n) is 2.02. The van der Waals surface area contributed by atoms with E-state index in [1.807, 2.05) is 18.2 Å². The predicted molar refractivity (Wildman–Crippen MR) is 79.6 cm³/mol. The van der Waals surface area contributed by atoms with Crippen LogP contribution in [0.2, 0.25) is 0 Å². The lowest BCUT2D eigenvalue weighted by molar-refractivity contribution is 0.0696. The van der Waals surface area contributed by atoms with Gasteiger partial charge in [0, 0.05) is 11.8 Å². The summed E-state index contributed by atoms with van der Waals surface area (Å²) in [5.74, 6) is 0.280. The average molecular weight is 348 g/mol. The van der Waals surface area contributed by atoms with E-state index < -0.39 is 5.97 Å². The van der Waals surface area contributed by atoms with Gasteiger partial charge in [-0.1, -0.05) is 0 Å². The lowest BCUT2D eigenvalue weighted by atomic mass is 10.2. The highest BCUT2D eigenvalue weighted by atomic mass is 79.9. The number of methoxy groups -OCH3 is 1. The van der Waals surface area contributed by atoms with E-state index in [0.29, 0.717) is 17.2 Å². The predicted octanol–water partition coefficient (Wildman–Crippen LogP) is 2.87. The number of fused-ring (bicyclic) bond motifs is 1. The molecule has 6 nitrogen and oxygen atoms in total. The molecule has 2 aromatic heterocycles. The molecule has 0 saturated heterocycles. The van der Waals surface area contributed by atoms with Crippen molar-refractivity contribution < 1.29 is 14.6 Å². The number of ether oxygens (including phenoxy) is 1. The molecular weight excluding hydrogens is 338 g/mol. The quantitative estimate of drug-likeness (QED) is 0.788. The highest BCUT2D eigenvalue weighted by Crippen LogP contribution is 2.30. The molecule has 3 rings (SSSR count). The molecular formula is C14H10BrN3O3. The molecule has 0 aliphatic carbocycles. The smallest absolute Gasteiger partial charge is 0.337 e. The summed E-state index contributed by atoms with van der Waals surface area (Å²) >= 11 is 3.42. The number of halogens is 1. The maximum Gasteiger partial charge on any atom is 0.337 e. The van der Waals surface area contributed by atoms with Crippen LogP contribution >= 0.6 is 15.9 Å². The maximum atomic E-state index is 11.1. The highest BCUT2D eigenvalue weighted by Gasteiger charge is 2.12. The Bertz CT molecular complexity index is 845. The molecule has 106 valence electrons. The van der Waals surface area contributed by atoms with Crippen molar-refractivity contribution in [3.05, 3.63) is 46.6 Å². The molecule has 1 aromatic carbocycles. The maximum absolute atomic E-state index is 11.1. The summed E-state index contributed by atoms with van der Waals surface area (Å²) in [4.78, 5) is 11.1. The Morgan fingerprint density at radius 1 is 1.29 bits per heavy atom. The van der Waals surface area contributed by atoms with Crippen LogP contribution in [0, 0.1) is 0 Å². The van der Waals surface area contributed by atoms with Gasteiger partial charge in [0.1, 0.15) is 5.75 Å². The van der Waals surface area contributed by atoms with E-state index in [4.69, 9.17) is 9.84 Å². The second-order valence-corrected chi connectivity index (χ2v) is 5.18. The van der Waals surface area contributed by atoms with E-state index in [1.165, 1.54) is 12.3 Å². The van der Waals surface area contributed by atoms with Crippen molar-refractivity contribution in [1.82, 2.24) is 14.6 Å². The van der Waals surface area contributed by atoms with Gasteiger partial charge in [-0.3, -0.25) is 4.40 Å². The minimum atomic E-state index is -0.993. The van der Waals surface area contributed by atoms with Gasteiger partial charge < -0.3 is 9.84 Å². The second kappa shape index (κ2) is 5.17. The zero-order valence-corrected chi connectivity index (χ0v) is 12.5. The van der Waals surface area contributed by atoms with Gasteiger partial charge in [-0.05, 0) is 46.3 Å². The number of pyridine rings is 1. The van der Waals surface area contributed by atoms with Crippen molar-refractivity contribution in [1.29, 1.82) is 0 Å². The zero-order chi connectivity index (χ0) is 15.0. The van der Waals surface area contributed by atoms with E-state index >= 15 is 0 Å². The van der Waals surface area contributed by atoms with Crippen molar-refractivity contribution in [2.24, 2.45) is 0 Å². The number of carboxylic acids is 1. The Morgan fingerprint density at radius 2 is 2.10 bits per heavy atom. The van der Waals surface area contributed by atoms with Gasteiger partial charge >= 0.3 is 5.97 Å². The number of aromatic nitrogens is 3. The summed E-state index contributed by atoms with van der Waals surface area (Å²) in [5.41, 5.74) is 1.57. The standard InChI is InChI=1S/C14H10BrN3O3/c1-21-11-4-2-8(6-10(11)15)13-17-16-12-5-3-9(14(19)20)7-18(12)13/h2-7H,1H3,(H,19,20). The monoisotopic (exact) mass is 347 g/mol. The molecule has 0 fully saturated rings. The van der Waals surface area contributed by atoms with Crippen LogP contribution < -0.4 is 4.74 Å². The first-order chi connectivity index (χ1) is 10.1. The lowest BCUT2D eigenvalue weighted by Crippen LogP contribution is -1.99. The first-order valence-corrected chi connectivity index (χ1v) is 6.81. The van der Waals surface area contributed by atoms with Crippen LogP contribution in [-0.4, -0.2) is 32.8 Å². The molecule has 0 unspecified atom stereocenters. The number of nitrogens with zero attached hydrogens (tertiary/aromatic N) is 3. The average Bonchev–Trinajstić information content (AvgIpc) is 2.90. The van der Waals surface area contributed by atoms with Crippen LogP contribution in [0.25, 0.3) is 17.0 Å². The van der Waals surface area contributed by atoms with E-state index in [1.54, 1.807) is 17.6 Å². The van der Waals surface area contributed by atoms with E-state index in [9.17, 15) is 4.79 Å². The highest BCUT2D eigenvalue weighted by molar-refractivity contribution is 9.10. The van der Waals surface area contributed by atoms with Crippen molar-refractivity contribution in [3.8, 4) is 17.1 Å². The van der Waals surface area contributed by atoms with Crippen molar-refractivity contribution in [2.45, 2.75) is 0 Å². The fourth-order valence-corrected chi connectivity index (χ4v) is 2.56. The van der Waals surface area contributed by atoms with Crippen LogP contribution in [0.15, 0.2) is 41.0 Å². The first-order valence-electron chi connectivity index (χ1n) is 6.02. The Balaban J connectivity index is 2.18. The Labute approximate surface area is 128 Å². The summed E-state index contributed by atoms with van der Waals surface area (Å²) in [6.07, 6.45) is 1.51. The summed E-state index contributed by atoms with van der Waals surface area (Å²) in [7, 11) is 1.59. The molecule has 0 bridgehead atoms. The molecule has 1 N–H and O–H groups in total. The molecule has 0 saturated carbocycles. The Morgan fingerprint density at radius 3 is 2.76 bits per heavy atom. The number of aromatic carboxylic acids is 1. The molecule has 0 spiro atoms. The normalized spacial score (nSPS) is 10.8. The van der Waals surface area contributed by atoms with Gasteiger partial charge in [0.05, 0.1) is 17.1 Å². The molecule has 2 heterocycles. The van der Waals surface area contributed by atoms with Gasteiger partial charge in [-0.15, -0.1) is 10.2 Å². The lowest BCUT2D eigenvalue weighted by Gasteiger charge is -2.05.